The summed E-state index contributed by atoms with van der Waals surface area (Å²) in [6.07, 6.45) is -2.63. The van der Waals surface area contributed by atoms with Crippen LogP contribution in [0.3, 0.4) is 0 Å². The van der Waals surface area contributed by atoms with Gasteiger partial charge in [0, 0.05) is 11.6 Å². The molecular formula is C13H9ClF4N2O. The molecule has 0 saturated carbocycles. The Balaban J connectivity index is 2.51. The summed E-state index contributed by atoms with van der Waals surface area (Å²) >= 11 is 5.91. The van der Waals surface area contributed by atoms with E-state index < -0.39 is 18.3 Å². The van der Waals surface area contributed by atoms with Crippen LogP contribution in [0.2, 0.25) is 5.02 Å². The highest BCUT2D eigenvalue weighted by Crippen LogP contribution is 2.34. The number of aromatic nitrogens is 1. The molecule has 1 N–H and O–H groups in total. The van der Waals surface area contributed by atoms with Gasteiger partial charge in [0.1, 0.15) is 0 Å². The second-order valence-corrected chi connectivity index (χ2v) is 4.73. The molecular weight excluding hydrogens is 312 g/mol. The van der Waals surface area contributed by atoms with E-state index in [2.05, 4.69) is 4.98 Å². The Morgan fingerprint density at radius 3 is 2.71 bits per heavy atom. The van der Waals surface area contributed by atoms with E-state index in [4.69, 9.17) is 11.6 Å². The molecule has 0 aliphatic carbocycles. The minimum Gasteiger partial charge on any atom is -0.319 e. The maximum atomic E-state index is 13.0. The number of hydrogen-bond donors (Lipinski definition) is 1. The standard InChI is InChI=1S/C13H9ClF4N2O/c1-6-5-8(14)10(7-3-2-4-19-9(6)7)20-12(21)13(17,18)11(15)16/h2-5,11H,1H3,(H,20,21). The van der Waals surface area contributed by atoms with E-state index in [1.807, 2.05) is 0 Å². The Kier molecular flexibility index (Phi) is 4.04. The van der Waals surface area contributed by atoms with Crippen LogP contribution in [0.1, 0.15) is 5.56 Å². The van der Waals surface area contributed by atoms with Gasteiger partial charge >= 0.3 is 18.3 Å². The van der Waals surface area contributed by atoms with Gasteiger partial charge < -0.3 is 5.32 Å². The molecule has 1 aromatic carbocycles. The second kappa shape index (κ2) is 5.48. The molecule has 21 heavy (non-hydrogen) atoms. The van der Waals surface area contributed by atoms with Crippen LogP contribution in [0.15, 0.2) is 24.4 Å². The van der Waals surface area contributed by atoms with Gasteiger partial charge in [0.25, 0.3) is 0 Å². The number of aryl methyl sites for hydroxylation is 1. The first-order valence-electron chi connectivity index (χ1n) is 5.76. The number of pyridine rings is 1. The van der Waals surface area contributed by atoms with E-state index in [0.717, 1.165) is 0 Å². The summed E-state index contributed by atoms with van der Waals surface area (Å²) in [5.41, 5.74) is 0.919. The number of hydrogen-bond acceptors (Lipinski definition) is 2. The summed E-state index contributed by atoms with van der Waals surface area (Å²) in [7, 11) is 0. The van der Waals surface area contributed by atoms with Gasteiger partial charge in [0.05, 0.1) is 16.2 Å². The van der Waals surface area contributed by atoms with Gasteiger partial charge in [-0.25, -0.2) is 8.78 Å². The van der Waals surface area contributed by atoms with Crippen molar-refractivity contribution in [2.75, 3.05) is 5.32 Å². The fourth-order valence-corrected chi connectivity index (χ4v) is 2.12. The molecule has 3 nitrogen and oxygen atoms in total. The molecule has 0 aliphatic rings. The number of rotatable bonds is 3. The first kappa shape index (κ1) is 15.5. The number of fused-ring (bicyclic) bond motifs is 1. The van der Waals surface area contributed by atoms with Gasteiger partial charge in [0.15, 0.2) is 0 Å². The number of nitrogens with one attached hydrogen (secondary N) is 1. The van der Waals surface area contributed by atoms with Crippen LogP contribution < -0.4 is 5.32 Å². The van der Waals surface area contributed by atoms with Crippen molar-refractivity contribution in [1.29, 1.82) is 0 Å². The third-order valence-electron chi connectivity index (χ3n) is 2.85. The first-order valence-corrected chi connectivity index (χ1v) is 6.14. The van der Waals surface area contributed by atoms with E-state index >= 15 is 0 Å². The Bertz CT molecular complexity index is 706. The summed E-state index contributed by atoms with van der Waals surface area (Å²) < 4.78 is 50.4. The van der Waals surface area contributed by atoms with Gasteiger partial charge in [-0.1, -0.05) is 11.6 Å². The highest BCUT2D eigenvalue weighted by molar-refractivity contribution is 6.35. The lowest BCUT2D eigenvalue weighted by Gasteiger charge is -2.17. The van der Waals surface area contributed by atoms with Gasteiger partial charge in [-0.05, 0) is 30.7 Å². The van der Waals surface area contributed by atoms with Gasteiger partial charge in [0.2, 0.25) is 0 Å². The maximum absolute atomic E-state index is 13.0. The number of carbonyl (C=O) groups is 1. The van der Waals surface area contributed by atoms with Crippen molar-refractivity contribution in [3.8, 4) is 0 Å². The summed E-state index contributed by atoms with van der Waals surface area (Å²) in [6, 6.07) is 4.42. The van der Waals surface area contributed by atoms with Crippen LogP contribution in [0.4, 0.5) is 23.2 Å². The van der Waals surface area contributed by atoms with E-state index in [0.29, 0.717) is 16.5 Å². The summed E-state index contributed by atoms with van der Waals surface area (Å²) in [4.78, 5) is 15.4. The van der Waals surface area contributed by atoms with Gasteiger partial charge in [-0.15, -0.1) is 0 Å². The van der Waals surface area contributed by atoms with E-state index in [9.17, 15) is 22.4 Å². The van der Waals surface area contributed by atoms with Crippen LogP contribution in [-0.4, -0.2) is 23.2 Å². The molecule has 0 fully saturated rings. The molecule has 0 unspecified atom stereocenters. The van der Waals surface area contributed by atoms with E-state index in [-0.39, 0.29) is 10.7 Å². The molecule has 1 heterocycles. The third kappa shape index (κ3) is 2.78. The molecule has 0 bridgehead atoms. The zero-order valence-electron chi connectivity index (χ0n) is 10.6. The van der Waals surface area contributed by atoms with Crippen molar-refractivity contribution in [2.45, 2.75) is 19.3 Å². The normalized spacial score (nSPS) is 12.0. The van der Waals surface area contributed by atoms with Crippen LogP contribution in [0, 0.1) is 6.92 Å². The summed E-state index contributed by atoms with van der Waals surface area (Å²) in [6.45, 7) is 1.70. The van der Waals surface area contributed by atoms with E-state index in [1.165, 1.54) is 24.4 Å². The molecule has 0 spiro atoms. The molecule has 0 atom stereocenters. The number of halogens is 5. The average molecular weight is 321 g/mol. The minimum atomic E-state index is -4.80. The zero-order valence-corrected chi connectivity index (χ0v) is 11.4. The number of carbonyl (C=O) groups excluding carboxylic acids is 1. The Morgan fingerprint density at radius 1 is 1.43 bits per heavy atom. The quantitative estimate of drug-likeness (QED) is 0.867. The molecule has 0 aliphatic heterocycles. The monoisotopic (exact) mass is 320 g/mol. The third-order valence-corrected chi connectivity index (χ3v) is 3.15. The highest BCUT2D eigenvalue weighted by atomic mass is 35.5. The van der Waals surface area contributed by atoms with Crippen LogP contribution in [-0.2, 0) is 4.79 Å². The number of nitrogens with zero attached hydrogens (tertiary/aromatic N) is 1. The fraction of sp³-hybridized carbons (Fsp3) is 0.231. The predicted octanol–water partition coefficient (Wildman–Crippen LogP) is 4.04. The Labute approximate surface area is 121 Å². The number of anilines is 1. The Hall–Kier alpha value is -1.89. The minimum absolute atomic E-state index is 0.0357. The second-order valence-electron chi connectivity index (χ2n) is 4.33. The van der Waals surface area contributed by atoms with Crippen molar-refractivity contribution >= 4 is 34.1 Å². The largest absolute Gasteiger partial charge is 0.383 e. The average Bonchev–Trinajstić information content (AvgIpc) is 2.42. The molecule has 1 aromatic heterocycles. The van der Waals surface area contributed by atoms with E-state index in [1.54, 1.807) is 12.2 Å². The Morgan fingerprint density at radius 2 is 2.10 bits per heavy atom. The smallest absolute Gasteiger partial charge is 0.319 e. The number of benzene rings is 1. The highest BCUT2D eigenvalue weighted by Gasteiger charge is 2.49. The lowest BCUT2D eigenvalue weighted by atomic mass is 10.1. The van der Waals surface area contributed by atoms with Crippen LogP contribution >= 0.6 is 11.6 Å². The van der Waals surface area contributed by atoms with Crippen molar-refractivity contribution in [3.63, 3.8) is 0 Å². The van der Waals surface area contributed by atoms with Crippen molar-refractivity contribution in [2.24, 2.45) is 0 Å². The molecule has 2 rings (SSSR count). The van der Waals surface area contributed by atoms with Crippen molar-refractivity contribution < 1.29 is 22.4 Å². The molecule has 2 aromatic rings. The lowest BCUT2D eigenvalue weighted by molar-refractivity contribution is -0.163. The zero-order chi connectivity index (χ0) is 15.8. The molecule has 8 heteroatoms. The topological polar surface area (TPSA) is 42.0 Å². The lowest BCUT2D eigenvalue weighted by Crippen LogP contribution is -2.41. The molecule has 0 radical (unpaired) electrons. The molecule has 0 saturated heterocycles. The van der Waals surface area contributed by atoms with Gasteiger partial charge in [-0.2, -0.15) is 8.78 Å². The molecule has 112 valence electrons. The van der Waals surface area contributed by atoms with Crippen LogP contribution in [0.25, 0.3) is 10.9 Å². The van der Waals surface area contributed by atoms with Crippen molar-refractivity contribution in [1.82, 2.24) is 4.98 Å². The van der Waals surface area contributed by atoms with Crippen molar-refractivity contribution in [3.05, 3.63) is 35.0 Å². The number of alkyl halides is 4. The SMILES string of the molecule is Cc1cc(Cl)c(NC(=O)C(F)(F)C(F)F)c2cccnc12. The van der Waals surface area contributed by atoms with Gasteiger partial charge in [-0.3, -0.25) is 9.78 Å². The summed E-state index contributed by atoms with van der Waals surface area (Å²) in [5.74, 6) is -6.92. The predicted molar refractivity (Wildman–Crippen MR) is 71.1 cm³/mol. The molecule has 1 amide bonds. The van der Waals surface area contributed by atoms with Crippen LogP contribution in [0.5, 0.6) is 0 Å². The maximum Gasteiger partial charge on any atom is 0.383 e. The fourth-order valence-electron chi connectivity index (χ4n) is 1.80. The first-order chi connectivity index (χ1) is 9.75. The summed E-state index contributed by atoms with van der Waals surface area (Å²) in [5, 5.41) is 2.02. The number of amides is 1.